The second-order valence-electron chi connectivity index (χ2n) is 8.93. The molecule has 0 spiro atoms. The molecule has 0 radical (unpaired) electrons. The fourth-order valence-corrected chi connectivity index (χ4v) is 4.52. The number of ether oxygens (including phenoxy) is 1. The number of nitrogens with zero attached hydrogens (tertiary/aromatic N) is 4. The largest absolute Gasteiger partial charge is 0.474 e. The summed E-state index contributed by atoms with van der Waals surface area (Å²) in [6.07, 6.45) is 4.91. The molecule has 8 nitrogen and oxygen atoms in total. The number of aromatic nitrogens is 3. The Balaban J connectivity index is 1.36. The van der Waals surface area contributed by atoms with Crippen molar-refractivity contribution in [2.45, 2.75) is 25.2 Å². The molecule has 1 aliphatic carbocycles. The molecule has 2 aromatic carbocycles. The van der Waals surface area contributed by atoms with Crippen molar-refractivity contribution in [1.29, 1.82) is 5.26 Å². The van der Waals surface area contributed by atoms with Gasteiger partial charge in [-0.3, -0.25) is 0 Å². The van der Waals surface area contributed by atoms with Gasteiger partial charge in [0.2, 0.25) is 11.8 Å². The standard InChI is InChI=1S/C26H22FN7O/c1-14-18(11-31-24-23(14)30-8-9-35-24)17-10-20-19(22(29)21(17)27)12-32-25(34-20)33-16-4-2-15(3-5-16)26(13-28)6-7-26/h2-5,10-12,30H,6-9,29H2,1H3,(H,32,33,34). The van der Waals surface area contributed by atoms with E-state index in [1.165, 1.54) is 6.20 Å². The number of nitrogen functional groups attached to an aromatic ring is 1. The molecule has 0 bridgehead atoms. The third kappa shape index (κ3) is 3.46. The van der Waals surface area contributed by atoms with Crippen molar-refractivity contribution in [3.05, 3.63) is 59.7 Å². The van der Waals surface area contributed by atoms with Gasteiger partial charge in [-0.25, -0.2) is 19.3 Å². The number of nitrogens with two attached hydrogens (primary N) is 1. The third-order valence-electron chi connectivity index (χ3n) is 6.76. The molecule has 0 atom stereocenters. The minimum atomic E-state index is -0.537. The summed E-state index contributed by atoms with van der Waals surface area (Å²) < 4.78 is 20.9. The SMILES string of the molecule is Cc1c(-c2cc3nc(Nc4ccc(C5(C#N)CC5)cc4)ncc3c(N)c2F)cnc2c1NCCO2. The summed E-state index contributed by atoms with van der Waals surface area (Å²) in [4.78, 5) is 13.3. The Morgan fingerprint density at radius 3 is 2.71 bits per heavy atom. The maximum Gasteiger partial charge on any atom is 0.237 e. The van der Waals surface area contributed by atoms with Crippen molar-refractivity contribution >= 4 is 33.9 Å². The lowest BCUT2D eigenvalue weighted by molar-refractivity contribution is 0.310. The van der Waals surface area contributed by atoms with E-state index in [4.69, 9.17) is 10.5 Å². The minimum Gasteiger partial charge on any atom is -0.474 e. The molecule has 35 heavy (non-hydrogen) atoms. The molecule has 2 aliphatic rings. The van der Waals surface area contributed by atoms with Gasteiger partial charge in [-0.05, 0) is 49.1 Å². The molecule has 2 aromatic heterocycles. The number of nitrogens with one attached hydrogen (secondary N) is 2. The van der Waals surface area contributed by atoms with E-state index in [0.29, 0.717) is 47.0 Å². The molecule has 4 aromatic rings. The van der Waals surface area contributed by atoms with E-state index < -0.39 is 5.82 Å². The molecule has 4 N–H and O–H groups in total. The Labute approximate surface area is 201 Å². The van der Waals surface area contributed by atoms with Crippen LogP contribution in [0.2, 0.25) is 0 Å². The topological polar surface area (TPSA) is 122 Å². The number of pyridine rings is 1. The lowest BCUT2D eigenvalue weighted by Crippen LogP contribution is -2.20. The second kappa shape index (κ2) is 7.81. The molecular weight excluding hydrogens is 445 g/mol. The zero-order valence-electron chi connectivity index (χ0n) is 19.0. The summed E-state index contributed by atoms with van der Waals surface area (Å²) in [6.45, 7) is 3.08. The molecule has 1 aliphatic heterocycles. The molecular formula is C26H22FN7O. The molecule has 9 heteroatoms. The number of hydrogen-bond donors (Lipinski definition) is 3. The van der Waals surface area contributed by atoms with Gasteiger partial charge in [0, 0.05) is 41.1 Å². The normalized spacial score (nSPS) is 15.5. The minimum absolute atomic E-state index is 0.0130. The maximum atomic E-state index is 15.3. The van der Waals surface area contributed by atoms with E-state index in [9.17, 15) is 5.26 Å². The first kappa shape index (κ1) is 21.1. The highest BCUT2D eigenvalue weighted by molar-refractivity contribution is 5.96. The Kier molecular flexibility index (Phi) is 4.71. The number of benzene rings is 2. The summed E-state index contributed by atoms with van der Waals surface area (Å²) in [7, 11) is 0. The molecule has 6 rings (SSSR count). The van der Waals surface area contributed by atoms with Crippen LogP contribution < -0.4 is 21.1 Å². The van der Waals surface area contributed by atoms with Crippen LogP contribution in [0.25, 0.3) is 22.0 Å². The van der Waals surface area contributed by atoms with Gasteiger partial charge < -0.3 is 21.1 Å². The van der Waals surface area contributed by atoms with Crippen LogP contribution in [-0.2, 0) is 5.41 Å². The molecule has 174 valence electrons. The van der Waals surface area contributed by atoms with E-state index in [0.717, 1.165) is 35.3 Å². The van der Waals surface area contributed by atoms with Crippen molar-refractivity contribution in [1.82, 2.24) is 15.0 Å². The number of rotatable bonds is 4. The van der Waals surface area contributed by atoms with E-state index in [1.807, 2.05) is 31.2 Å². The fourth-order valence-electron chi connectivity index (χ4n) is 4.52. The van der Waals surface area contributed by atoms with Crippen LogP contribution in [-0.4, -0.2) is 28.1 Å². The van der Waals surface area contributed by atoms with Crippen molar-refractivity contribution in [3.8, 4) is 23.1 Å². The lowest BCUT2D eigenvalue weighted by Gasteiger charge is -2.22. The number of hydrogen-bond acceptors (Lipinski definition) is 8. The van der Waals surface area contributed by atoms with Gasteiger partial charge in [0.1, 0.15) is 12.3 Å². The van der Waals surface area contributed by atoms with Gasteiger partial charge in [0.05, 0.1) is 22.7 Å². The Morgan fingerprint density at radius 1 is 1.17 bits per heavy atom. The van der Waals surface area contributed by atoms with Crippen LogP contribution in [0.5, 0.6) is 5.88 Å². The first-order valence-electron chi connectivity index (χ1n) is 11.4. The molecule has 1 fully saturated rings. The molecule has 0 amide bonds. The van der Waals surface area contributed by atoms with Gasteiger partial charge in [-0.1, -0.05) is 12.1 Å². The van der Waals surface area contributed by atoms with Crippen LogP contribution in [0.4, 0.5) is 27.4 Å². The van der Waals surface area contributed by atoms with Gasteiger partial charge in [-0.2, -0.15) is 5.26 Å². The summed E-state index contributed by atoms with van der Waals surface area (Å²) in [5.74, 6) is 0.332. The predicted octanol–water partition coefficient (Wildman–Crippen LogP) is 4.82. The Bertz CT molecular complexity index is 1520. The highest BCUT2D eigenvalue weighted by Gasteiger charge is 2.44. The van der Waals surface area contributed by atoms with E-state index in [1.54, 1.807) is 12.3 Å². The van der Waals surface area contributed by atoms with E-state index in [2.05, 4.69) is 31.7 Å². The molecule has 3 heterocycles. The Hall–Kier alpha value is -4.45. The number of fused-ring (bicyclic) bond motifs is 2. The lowest BCUT2D eigenvalue weighted by atomic mass is 9.98. The number of halogens is 1. The quantitative estimate of drug-likeness (QED) is 0.365. The predicted molar refractivity (Wildman–Crippen MR) is 132 cm³/mol. The third-order valence-corrected chi connectivity index (χ3v) is 6.76. The van der Waals surface area contributed by atoms with Crippen LogP contribution in [0.1, 0.15) is 24.0 Å². The number of anilines is 4. The first-order valence-corrected chi connectivity index (χ1v) is 11.4. The first-order chi connectivity index (χ1) is 17.0. The van der Waals surface area contributed by atoms with Crippen molar-refractivity contribution in [2.75, 3.05) is 29.5 Å². The van der Waals surface area contributed by atoms with Gasteiger partial charge in [-0.15, -0.1) is 0 Å². The summed E-state index contributed by atoms with van der Waals surface area (Å²) in [6, 6.07) is 11.8. The zero-order valence-corrected chi connectivity index (χ0v) is 19.0. The average Bonchev–Trinajstić information content (AvgIpc) is 3.69. The van der Waals surface area contributed by atoms with E-state index in [-0.39, 0.29) is 11.1 Å². The van der Waals surface area contributed by atoms with Crippen LogP contribution in [0, 0.1) is 24.1 Å². The average molecular weight is 468 g/mol. The molecule has 0 unspecified atom stereocenters. The number of nitriles is 1. The molecule has 0 saturated heterocycles. The zero-order chi connectivity index (χ0) is 24.2. The van der Waals surface area contributed by atoms with Crippen molar-refractivity contribution in [3.63, 3.8) is 0 Å². The fraction of sp³-hybridized carbons (Fsp3) is 0.231. The Morgan fingerprint density at radius 2 is 1.97 bits per heavy atom. The summed E-state index contributed by atoms with van der Waals surface area (Å²) >= 11 is 0. The summed E-state index contributed by atoms with van der Waals surface area (Å²) in [5.41, 5.74) is 10.6. The van der Waals surface area contributed by atoms with Crippen LogP contribution >= 0.6 is 0 Å². The summed E-state index contributed by atoms with van der Waals surface area (Å²) in [5, 5.41) is 16.3. The van der Waals surface area contributed by atoms with E-state index >= 15 is 4.39 Å². The highest BCUT2D eigenvalue weighted by atomic mass is 19.1. The van der Waals surface area contributed by atoms with Crippen LogP contribution in [0.3, 0.4) is 0 Å². The van der Waals surface area contributed by atoms with Crippen molar-refractivity contribution < 1.29 is 9.13 Å². The smallest absolute Gasteiger partial charge is 0.237 e. The van der Waals surface area contributed by atoms with Crippen molar-refractivity contribution in [2.24, 2.45) is 0 Å². The van der Waals surface area contributed by atoms with Gasteiger partial charge in [0.25, 0.3) is 0 Å². The van der Waals surface area contributed by atoms with Gasteiger partial charge in [0.15, 0.2) is 5.82 Å². The van der Waals surface area contributed by atoms with Crippen LogP contribution in [0.15, 0.2) is 42.7 Å². The highest BCUT2D eigenvalue weighted by Crippen LogP contribution is 2.47. The molecule has 1 saturated carbocycles. The maximum absolute atomic E-state index is 15.3. The second-order valence-corrected chi connectivity index (χ2v) is 8.93. The monoisotopic (exact) mass is 467 g/mol. The van der Waals surface area contributed by atoms with Gasteiger partial charge >= 0.3 is 0 Å².